The van der Waals surface area contributed by atoms with E-state index in [1.165, 1.54) is 0 Å². The summed E-state index contributed by atoms with van der Waals surface area (Å²) in [5, 5.41) is 14.4. The molecule has 19 heavy (non-hydrogen) atoms. The number of urea groups is 1. The van der Waals surface area contributed by atoms with Gasteiger partial charge in [0.15, 0.2) is 0 Å². The summed E-state index contributed by atoms with van der Waals surface area (Å²) in [7, 11) is 0. The highest BCUT2D eigenvalue weighted by Crippen LogP contribution is 2.21. The molecule has 0 spiro atoms. The van der Waals surface area contributed by atoms with Crippen molar-refractivity contribution in [1.29, 1.82) is 0 Å². The molecule has 2 amide bonds. The molecule has 0 saturated carbocycles. The Morgan fingerprint density at radius 2 is 1.68 bits per heavy atom. The maximum absolute atomic E-state index is 11.8. The van der Waals surface area contributed by atoms with Crippen LogP contribution >= 0.6 is 0 Å². The number of carbonyl (C=O) groups is 2. The van der Waals surface area contributed by atoms with Crippen molar-refractivity contribution in [1.82, 2.24) is 10.6 Å². The topological polar surface area (TPSA) is 78.4 Å². The Hall–Kier alpha value is -1.26. The van der Waals surface area contributed by atoms with Crippen molar-refractivity contribution >= 4 is 12.0 Å². The zero-order valence-corrected chi connectivity index (χ0v) is 12.9. The van der Waals surface area contributed by atoms with Crippen molar-refractivity contribution in [3.05, 3.63) is 0 Å². The highest BCUT2D eigenvalue weighted by atomic mass is 16.4. The molecule has 0 aromatic rings. The molecule has 2 atom stereocenters. The Morgan fingerprint density at radius 1 is 1.16 bits per heavy atom. The van der Waals surface area contributed by atoms with Crippen LogP contribution < -0.4 is 10.6 Å². The molecule has 0 aliphatic rings. The van der Waals surface area contributed by atoms with Gasteiger partial charge in [0.2, 0.25) is 0 Å². The minimum Gasteiger partial charge on any atom is -0.481 e. The number of hydrogen-bond acceptors (Lipinski definition) is 2. The van der Waals surface area contributed by atoms with Gasteiger partial charge < -0.3 is 15.7 Å². The van der Waals surface area contributed by atoms with E-state index in [1.54, 1.807) is 0 Å². The van der Waals surface area contributed by atoms with Gasteiger partial charge in [0.05, 0.1) is 6.42 Å². The van der Waals surface area contributed by atoms with E-state index in [2.05, 4.69) is 31.4 Å². The number of hydrogen-bond donors (Lipinski definition) is 3. The van der Waals surface area contributed by atoms with Crippen LogP contribution in [-0.2, 0) is 4.79 Å². The molecule has 3 N–H and O–H groups in total. The zero-order valence-electron chi connectivity index (χ0n) is 12.9. The van der Waals surface area contributed by atoms with Gasteiger partial charge in [-0.15, -0.1) is 0 Å². The fourth-order valence-electron chi connectivity index (χ4n) is 1.45. The SMILES string of the molecule is CC(C)C(C)CNC(=O)NC(CC(=O)O)C(C)(C)C. The lowest BCUT2D eigenvalue weighted by atomic mass is 9.85. The van der Waals surface area contributed by atoms with E-state index in [4.69, 9.17) is 5.11 Å². The molecule has 0 aromatic heterocycles. The van der Waals surface area contributed by atoms with Crippen LogP contribution in [0.3, 0.4) is 0 Å². The second-order valence-electron chi connectivity index (χ2n) is 6.59. The normalized spacial score (nSPS) is 14.9. The summed E-state index contributed by atoms with van der Waals surface area (Å²) in [6.45, 7) is 12.6. The fraction of sp³-hybridized carbons (Fsp3) is 0.857. The van der Waals surface area contributed by atoms with Crippen LogP contribution in [-0.4, -0.2) is 29.7 Å². The first-order valence-corrected chi connectivity index (χ1v) is 6.80. The van der Waals surface area contributed by atoms with Crippen LogP contribution in [0, 0.1) is 17.3 Å². The van der Waals surface area contributed by atoms with Crippen molar-refractivity contribution in [2.45, 2.75) is 54.0 Å². The monoisotopic (exact) mass is 272 g/mol. The summed E-state index contributed by atoms with van der Waals surface area (Å²) < 4.78 is 0. The van der Waals surface area contributed by atoms with Gasteiger partial charge in [-0.3, -0.25) is 4.79 Å². The second-order valence-corrected chi connectivity index (χ2v) is 6.59. The molecule has 0 aliphatic carbocycles. The van der Waals surface area contributed by atoms with Crippen LogP contribution in [0.25, 0.3) is 0 Å². The number of nitrogens with one attached hydrogen (secondary N) is 2. The van der Waals surface area contributed by atoms with E-state index in [-0.39, 0.29) is 23.9 Å². The maximum Gasteiger partial charge on any atom is 0.315 e. The Morgan fingerprint density at radius 3 is 2.05 bits per heavy atom. The first-order valence-electron chi connectivity index (χ1n) is 6.80. The Balaban J connectivity index is 4.36. The molecule has 0 bridgehead atoms. The van der Waals surface area contributed by atoms with Gasteiger partial charge in [-0.25, -0.2) is 4.79 Å². The van der Waals surface area contributed by atoms with Crippen molar-refractivity contribution in [2.75, 3.05) is 6.54 Å². The fourth-order valence-corrected chi connectivity index (χ4v) is 1.45. The predicted octanol–water partition coefficient (Wildman–Crippen LogP) is 2.47. The molecule has 5 heteroatoms. The third-order valence-corrected chi connectivity index (χ3v) is 3.45. The number of carboxylic acid groups (broad SMARTS) is 1. The molecule has 5 nitrogen and oxygen atoms in total. The van der Waals surface area contributed by atoms with Crippen molar-refractivity contribution < 1.29 is 14.7 Å². The van der Waals surface area contributed by atoms with Gasteiger partial charge in [-0.2, -0.15) is 0 Å². The smallest absolute Gasteiger partial charge is 0.315 e. The molecule has 0 heterocycles. The summed E-state index contributed by atoms with van der Waals surface area (Å²) in [5.41, 5.74) is -0.292. The van der Waals surface area contributed by atoms with Crippen LogP contribution in [0.2, 0.25) is 0 Å². The average molecular weight is 272 g/mol. The molecule has 2 unspecified atom stereocenters. The minimum atomic E-state index is -0.907. The number of aliphatic carboxylic acids is 1. The van der Waals surface area contributed by atoms with Crippen LogP contribution in [0.15, 0.2) is 0 Å². The Bertz CT molecular complexity index is 308. The van der Waals surface area contributed by atoms with E-state index in [0.29, 0.717) is 18.4 Å². The third kappa shape index (κ3) is 7.70. The molecule has 0 saturated heterocycles. The zero-order chi connectivity index (χ0) is 15.2. The molecule has 0 radical (unpaired) electrons. The quantitative estimate of drug-likeness (QED) is 0.695. The Kier molecular flexibility index (Phi) is 6.87. The van der Waals surface area contributed by atoms with Crippen molar-refractivity contribution in [2.24, 2.45) is 17.3 Å². The summed E-state index contributed by atoms with van der Waals surface area (Å²) >= 11 is 0. The maximum atomic E-state index is 11.8. The number of rotatable bonds is 6. The van der Waals surface area contributed by atoms with E-state index in [1.807, 2.05) is 20.8 Å². The standard InChI is InChI=1S/C14H28N2O3/c1-9(2)10(3)8-15-13(19)16-11(7-12(17)18)14(4,5)6/h9-11H,7-8H2,1-6H3,(H,17,18)(H2,15,16,19). The van der Waals surface area contributed by atoms with Gasteiger partial charge >= 0.3 is 12.0 Å². The van der Waals surface area contributed by atoms with Gasteiger partial charge in [-0.05, 0) is 17.3 Å². The molecular weight excluding hydrogens is 244 g/mol. The molecular formula is C14H28N2O3. The van der Waals surface area contributed by atoms with E-state index < -0.39 is 5.97 Å². The van der Waals surface area contributed by atoms with Gasteiger partial charge in [0.25, 0.3) is 0 Å². The van der Waals surface area contributed by atoms with Crippen molar-refractivity contribution in [3.8, 4) is 0 Å². The van der Waals surface area contributed by atoms with Crippen molar-refractivity contribution in [3.63, 3.8) is 0 Å². The summed E-state index contributed by atoms with van der Waals surface area (Å²) in [6.07, 6.45) is -0.0728. The van der Waals surface area contributed by atoms with E-state index in [9.17, 15) is 9.59 Å². The minimum absolute atomic E-state index is 0.0728. The molecule has 112 valence electrons. The van der Waals surface area contributed by atoms with Gasteiger partial charge in [0.1, 0.15) is 0 Å². The average Bonchev–Trinajstić information content (AvgIpc) is 2.22. The van der Waals surface area contributed by atoms with E-state index >= 15 is 0 Å². The third-order valence-electron chi connectivity index (χ3n) is 3.45. The number of carbonyl (C=O) groups excluding carboxylic acids is 1. The predicted molar refractivity (Wildman–Crippen MR) is 76.0 cm³/mol. The first kappa shape index (κ1) is 17.7. The molecule has 0 aliphatic heterocycles. The number of amides is 2. The molecule has 0 aromatic carbocycles. The largest absolute Gasteiger partial charge is 0.481 e. The lowest BCUT2D eigenvalue weighted by molar-refractivity contribution is -0.138. The summed E-state index contributed by atoms with van der Waals surface area (Å²) in [5.74, 6) is -0.0215. The number of carboxylic acids is 1. The van der Waals surface area contributed by atoms with Crippen LogP contribution in [0.4, 0.5) is 4.79 Å². The van der Waals surface area contributed by atoms with Gasteiger partial charge in [0, 0.05) is 12.6 Å². The van der Waals surface area contributed by atoms with Gasteiger partial charge in [-0.1, -0.05) is 41.5 Å². The molecule has 0 fully saturated rings. The molecule has 0 rings (SSSR count). The second kappa shape index (κ2) is 7.36. The summed E-state index contributed by atoms with van der Waals surface area (Å²) in [6, 6.07) is -0.687. The highest BCUT2D eigenvalue weighted by Gasteiger charge is 2.28. The Labute approximate surface area is 116 Å². The highest BCUT2D eigenvalue weighted by molar-refractivity contribution is 5.75. The van der Waals surface area contributed by atoms with Crippen LogP contribution in [0.1, 0.15) is 48.0 Å². The van der Waals surface area contributed by atoms with Crippen LogP contribution in [0.5, 0.6) is 0 Å². The van der Waals surface area contributed by atoms with E-state index in [0.717, 1.165) is 0 Å². The summed E-state index contributed by atoms with van der Waals surface area (Å²) in [4.78, 5) is 22.6. The lowest BCUT2D eigenvalue weighted by Gasteiger charge is -2.30. The lowest BCUT2D eigenvalue weighted by Crippen LogP contribution is -2.49. The first-order chi connectivity index (χ1) is 8.54.